The van der Waals surface area contributed by atoms with Gasteiger partial charge in [0.2, 0.25) is 0 Å². The Morgan fingerprint density at radius 2 is 1.92 bits per heavy atom. The summed E-state index contributed by atoms with van der Waals surface area (Å²) in [6.45, 7) is 1.58. The standard InChI is InChI=1S/C20H19BrClNO3/c1-24-19-9-8-17(21)16(12-23-11-15-6-4-10-25-15)20(19)26-13-14-5-2-3-7-18(14)22/h2-10,23H,11-13H2,1H3. The first-order valence-corrected chi connectivity index (χ1v) is 9.31. The Hall–Kier alpha value is -1.95. The number of methoxy groups -OCH3 is 1. The van der Waals surface area contributed by atoms with Crippen LogP contribution < -0.4 is 14.8 Å². The zero-order valence-electron chi connectivity index (χ0n) is 14.3. The second-order valence-corrected chi connectivity index (χ2v) is 6.88. The maximum absolute atomic E-state index is 6.23. The van der Waals surface area contributed by atoms with Gasteiger partial charge in [0, 0.05) is 27.2 Å². The molecule has 1 N–H and O–H groups in total. The third-order valence-corrected chi connectivity index (χ3v) is 5.01. The van der Waals surface area contributed by atoms with Gasteiger partial charge in [-0.15, -0.1) is 0 Å². The van der Waals surface area contributed by atoms with Crippen LogP contribution in [0.2, 0.25) is 5.02 Å². The van der Waals surface area contributed by atoms with Gasteiger partial charge in [-0.05, 0) is 30.3 Å². The fourth-order valence-corrected chi connectivity index (χ4v) is 3.20. The van der Waals surface area contributed by atoms with Crippen LogP contribution in [0, 0.1) is 0 Å². The van der Waals surface area contributed by atoms with E-state index in [1.807, 2.05) is 48.5 Å². The molecule has 0 fully saturated rings. The van der Waals surface area contributed by atoms with E-state index in [-0.39, 0.29) is 0 Å². The summed E-state index contributed by atoms with van der Waals surface area (Å²) >= 11 is 9.84. The van der Waals surface area contributed by atoms with E-state index in [4.69, 9.17) is 25.5 Å². The zero-order valence-corrected chi connectivity index (χ0v) is 16.6. The minimum Gasteiger partial charge on any atom is -0.493 e. The van der Waals surface area contributed by atoms with Crippen LogP contribution in [0.4, 0.5) is 0 Å². The lowest BCUT2D eigenvalue weighted by Crippen LogP contribution is -2.14. The molecule has 0 aliphatic carbocycles. The minimum absolute atomic E-state index is 0.359. The maximum atomic E-state index is 6.23. The van der Waals surface area contributed by atoms with E-state index in [1.54, 1.807) is 13.4 Å². The molecule has 0 unspecified atom stereocenters. The molecule has 0 radical (unpaired) electrons. The molecule has 3 aromatic rings. The van der Waals surface area contributed by atoms with Crippen LogP contribution in [-0.4, -0.2) is 7.11 Å². The third-order valence-electron chi connectivity index (χ3n) is 3.90. The number of hydrogen-bond acceptors (Lipinski definition) is 4. The number of hydrogen-bond donors (Lipinski definition) is 1. The van der Waals surface area contributed by atoms with Crippen LogP contribution in [0.5, 0.6) is 11.5 Å². The van der Waals surface area contributed by atoms with Gasteiger partial charge in [0.05, 0.1) is 19.9 Å². The molecule has 4 nitrogen and oxygen atoms in total. The highest BCUT2D eigenvalue weighted by atomic mass is 79.9. The van der Waals surface area contributed by atoms with Gasteiger partial charge >= 0.3 is 0 Å². The number of benzene rings is 2. The Bertz CT molecular complexity index is 852. The van der Waals surface area contributed by atoms with Crippen molar-refractivity contribution in [3.05, 3.63) is 81.2 Å². The lowest BCUT2D eigenvalue weighted by atomic mass is 10.1. The van der Waals surface area contributed by atoms with E-state index in [0.717, 1.165) is 21.4 Å². The van der Waals surface area contributed by atoms with Crippen molar-refractivity contribution in [1.29, 1.82) is 0 Å². The predicted molar refractivity (Wildman–Crippen MR) is 106 cm³/mol. The first kappa shape index (κ1) is 18.8. The quantitative estimate of drug-likeness (QED) is 0.501. The smallest absolute Gasteiger partial charge is 0.167 e. The fourth-order valence-electron chi connectivity index (χ4n) is 2.56. The SMILES string of the molecule is COc1ccc(Br)c(CNCc2ccco2)c1OCc1ccccc1Cl. The summed E-state index contributed by atoms with van der Waals surface area (Å²) in [7, 11) is 1.63. The Morgan fingerprint density at radius 3 is 2.65 bits per heavy atom. The van der Waals surface area contributed by atoms with E-state index in [1.165, 1.54) is 0 Å². The summed E-state index contributed by atoms with van der Waals surface area (Å²) in [6.07, 6.45) is 1.66. The summed E-state index contributed by atoms with van der Waals surface area (Å²) in [5.74, 6) is 2.24. The Labute approximate surface area is 166 Å². The molecule has 0 saturated heterocycles. The van der Waals surface area contributed by atoms with Gasteiger partial charge in [-0.3, -0.25) is 0 Å². The summed E-state index contributed by atoms with van der Waals surface area (Å²) in [6, 6.07) is 15.3. The van der Waals surface area contributed by atoms with Gasteiger partial charge in [-0.2, -0.15) is 0 Å². The van der Waals surface area contributed by atoms with E-state index in [9.17, 15) is 0 Å². The highest BCUT2D eigenvalue weighted by molar-refractivity contribution is 9.10. The topological polar surface area (TPSA) is 43.6 Å². The molecule has 1 aromatic heterocycles. The number of nitrogens with one attached hydrogen (secondary N) is 1. The number of ether oxygens (including phenoxy) is 2. The van der Waals surface area contributed by atoms with Crippen LogP contribution in [0.25, 0.3) is 0 Å². The normalized spacial score (nSPS) is 10.7. The van der Waals surface area contributed by atoms with Gasteiger partial charge in [-0.25, -0.2) is 0 Å². The fraction of sp³-hybridized carbons (Fsp3) is 0.200. The summed E-state index contributed by atoms with van der Waals surface area (Å²) < 4.78 is 17.9. The summed E-state index contributed by atoms with van der Waals surface area (Å²) in [4.78, 5) is 0. The van der Waals surface area contributed by atoms with Crippen molar-refractivity contribution in [2.45, 2.75) is 19.7 Å². The number of rotatable bonds is 8. The van der Waals surface area contributed by atoms with Crippen LogP contribution in [-0.2, 0) is 19.7 Å². The second-order valence-electron chi connectivity index (χ2n) is 5.62. The molecule has 0 atom stereocenters. The van der Waals surface area contributed by atoms with Crippen LogP contribution in [0.15, 0.2) is 63.7 Å². The molecule has 6 heteroatoms. The molecule has 0 spiro atoms. The third kappa shape index (κ3) is 4.61. The van der Waals surface area contributed by atoms with E-state index in [2.05, 4.69) is 21.2 Å². The van der Waals surface area contributed by atoms with Crippen LogP contribution >= 0.6 is 27.5 Å². The highest BCUT2D eigenvalue weighted by Crippen LogP contribution is 2.37. The Morgan fingerprint density at radius 1 is 1.08 bits per heavy atom. The van der Waals surface area contributed by atoms with E-state index >= 15 is 0 Å². The lowest BCUT2D eigenvalue weighted by molar-refractivity contribution is 0.280. The van der Waals surface area contributed by atoms with Gasteiger partial charge in [-0.1, -0.05) is 45.7 Å². The second kappa shape index (κ2) is 9.12. The monoisotopic (exact) mass is 435 g/mol. The Kier molecular flexibility index (Phi) is 6.61. The molecule has 26 heavy (non-hydrogen) atoms. The average molecular weight is 437 g/mol. The molecule has 2 aromatic carbocycles. The van der Waals surface area contributed by atoms with E-state index < -0.39 is 0 Å². The first-order chi connectivity index (χ1) is 12.7. The van der Waals surface area contributed by atoms with Crippen molar-refractivity contribution in [3.8, 4) is 11.5 Å². The predicted octanol–water partition coefficient (Wildman–Crippen LogP) is 5.57. The molecular weight excluding hydrogens is 418 g/mol. The van der Waals surface area contributed by atoms with Crippen molar-refractivity contribution >= 4 is 27.5 Å². The van der Waals surface area contributed by atoms with Gasteiger partial charge in [0.1, 0.15) is 12.4 Å². The summed E-state index contributed by atoms with van der Waals surface area (Å²) in [5.41, 5.74) is 1.90. The van der Waals surface area contributed by atoms with Crippen LogP contribution in [0.1, 0.15) is 16.9 Å². The number of furan rings is 1. The maximum Gasteiger partial charge on any atom is 0.167 e. The largest absolute Gasteiger partial charge is 0.493 e. The molecule has 3 rings (SSSR count). The van der Waals surface area contributed by atoms with E-state index in [0.29, 0.717) is 36.2 Å². The van der Waals surface area contributed by atoms with Gasteiger partial charge in [0.15, 0.2) is 11.5 Å². The molecule has 0 saturated carbocycles. The zero-order chi connectivity index (χ0) is 18.4. The molecule has 0 aliphatic rings. The highest BCUT2D eigenvalue weighted by Gasteiger charge is 2.15. The Balaban J connectivity index is 1.77. The first-order valence-electron chi connectivity index (χ1n) is 8.13. The molecule has 1 heterocycles. The molecule has 0 amide bonds. The molecular formula is C20H19BrClNO3. The van der Waals surface area contributed by atoms with Gasteiger partial charge < -0.3 is 19.2 Å². The van der Waals surface area contributed by atoms with Crippen molar-refractivity contribution in [3.63, 3.8) is 0 Å². The lowest BCUT2D eigenvalue weighted by Gasteiger charge is -2.17. The van der Waals surface area contributed by atoms with Crippen molar-refractivity contribution in [1.82, 2.24) is 5.32 Å². The minimum atomic E-state index is 0.359. The summed E-state index contributed by atoms with van der Waals surface area (Å²) in [5, 5.41) is 4.04. The molecule has 136 valence electrons. The molecule has 0 aliphatic heterocycles. The van der Waals surface area contributed by atoms with Crippen molar-refractivity contribution < 1.29 is 13.9 Å². The van der Waals surface area contributed by atoms with Crippen LogP contribution in [0.3, 0.4) is 0 Å². The average Bonchev–Trinajstić information content (AvgIpc) is 3.16. The molecule has 0 bridgehead atoms. The van der Waals surface area contributed by atoms with Gasteiger partial charge in [0.25, 0.3) is 0 Å². The number of halogens is 2. The van der Waals surface area contributed by atoms with Crippen molar-refractivity contribution in [2.75, 3.05) is 7.11 Å². The van der Waals surface area contributed by atoms with Crippen molar-refractivity contribution in [2.24, 2.45) is 0 Å².